The lowest BCUT2D eigenvalue weighted by molar-refractivity contribution is -0.186. The molecule has 5 atom stereocenters. The van der Waals surface area contributed by atoms with Crippen LogP contribution in [0.3, 0.4) is 0 Å². The second-order valence-corrected chi connectivity index (χ2v) is 9.68. The molecule has 178 valence electrons. The van der Waals surface area contributed by atoms with Crippen LogP contribution in [-0.2, 0) is 24.0 Å². The third-order valence-electron chi connectivity index (χ3n) is 6.66. The number of carbonyl (C=O) groups excluding carboxylic acids is 5. The van der Waals surface area contributed by atoms with Gasteiger partial charge in [0.15, 0.2) is 5.54 Å². The van der Waals surface area contributed by atoms with Crippen molar-refractivity contribution in [2.24, 2.45) is 22.8 Å². The molecule has 0 aromatic heterocycles. The zero-order valence-corrected chi connectivity index (χ0v) is 18.6. The molecule has 3 heterocycles. The minimum Gasteiger partial charge on any atom is -0.391 e. The molecular weight excluding hydrogens is 422 g/mol. The highest BCUT2D eigenvalue weighted by Gasteiger charge is 2.76. The molecular formula is C20H31N5O7. The molecule has 3 aliphatic heterocycles. The Labute approximate surface area is 185 Å². The van der Waals surface area contributed by atoms with Crippen molar-refractivity contribution < 1.29 is 34.2 Å². The number of carbonyl (C=O) groups is 5. The van der Waals surface area contributed by atoms with Crippen molar-refractivity contribution in [3.05, 3.63) is 0 Å². The van der Waals surface area contributed by atoms with Gasteiger partial charge in [-0.25, -0.2) is 0 Å². The largest absolute Gasteiger partial charge is 0.391 e. The molecule has 12 heteroatoms. The van der Waals surface area contributed by atoms with Crippen LogP contribution >= 0.6 is 0 Å². The molecule has 0 saturated carbocycles. The van der Waals surface area contributed by atoms with Crippen LogP contribution in [0.2, 0.25) is 0 Å². The summed E-state index contributed by atoms with van der Waals surface area (Å²) in [5.41, 5.74) is 7.92. The Kier molecular flexibility index (Phi) is 5.86. The minimum atomic E-state index is -1.64. The van der Waals surface area contributed by atoms with Gasteiger partial charge in [-0.1, -0.05) is 13.8 Å². The molecule has 0 bridgehead atoms. The summed E-state index contributed by atoms with van der Waals surface area (Å²) in [5, 5.41) is 19.8. The van der Waals surface area contributed by atoms with Gasteiger partial charge < -0.3 is 26.6 Å². The van der Waals surface area contributed by atoms with Crippen molar-refractivity contribution >= 4 is 29.5 Å². The van der Waals surface area contributed by atoms with E-state index in [2.05, 4.69) is 0 Å². The molecule has 2 spiro atoms. The van der Waals surface area contributed by atoms with Gasteiger partial charge in [0.1, 0.15) is 12.1 Å². The molecule has 3 saturated heterocycles. The lowest BCUT2D eigenvalue weighted by Gasteiger charge is -2.52. The van der Waals surface area contributed by atoms with Crippen LogP contribution in [0, 0.1) is 11.3 Å². The van der Waals surface area contributed by atoms with Gasteiger partial charge >= 0.3 is 0 Å². The molecule has 12 nitrogen and oxygen atoms in total. The highest BCUT2D eigenvalue weighted by Crippen LogP contribution is 2.54. The monoisotopic (exact) mass is 453 g/mol. The highest BCUT2D eigenvalue weighted by molar-refractivity contribution is 6.28. The highest BCUT2D eigenvalue weighted by atomic mass is 16.3. The lowest BCUT2D eigenvalue weighted by atomic mass is 9.69. The predicted octanol–water partition coefficient (Wildman–Crippen LogP) is -3.25. The van der Waals surface area contributed by atoms with E-state index in [9.17, 15) is 34.2 Å². The zero-order valence-electron chi connectivity index (χ0n) is 18.6. The maximum atomic E-state index is 13.3. The van der Waals surface area contributed by atoms with Gasteiger partial charge in [0.2, 0.25) is 17.7 Å². The maximum absolute atomic E-state index is 13.3. The second kappa shape index (κ2) is 7.78. The fourth-order valence-corrected chi connectivity index (χ4v) is 5.41. The van der Waals surface area contributed by atoms with E-state index in [4.69, 9.17) is 11.5 Å². The summed E-state index contributed by atoms with van der Waals surface area (Å²) >= 11 is 0. The Bertz CT molecular complexity index is 856. The van der Waals surface area contributed by atoms with Crippen molar-refractivity contribution in [1.82, 2.24) is 14.7 Å². The van der Waals surface area contributed by atoms with Crippen LogP contribution in [-0.4, -0.2) is 104 Å². The molecule has 6 N–H and O–H groups in total. The number of hydrogen-bond donors (Lipinski definition) is 4. The number of rotatable bonds is 8. The molecule has 32 heavy (non-hydrogen) atoms. The molecule has 3 aliphatic rings. The normalized spacial score (nSPS) is 28.7. The maximum Gasteiger partial charge on any atom is 0.260 e. The number of β-lactam (4-membered cyclic amide) rings is 3. The van der Waals surface area contributed by atoms with Gasteiger partial charge in [-0.2, -0.15) is 0 Å². The third-order valence-corrected chi connectivity index (χ3v) is 6.66. The molecule has 3 fully saturated rings. The quantitative estimate of drug-likeness (QED) is 0.218. The van der Waals surface area contributed by atoms with Gasteiger partial charge in [0, 0.05) is 26.1 Å². The van der Waals surface area contributed by atoms with Crippen molar-refractivity contribution in [2.45, 2.75) is 63.9 Å². The molecule has 0 aromatic carbocycles. The van der Waals surface area contributed by atoms with Crippen LogP contribution in [0.5, 0.6) is 0 Å². The Morgan fingerprint density at radius 3 is 1.78 bits per heavy atom. The summed E-state index contributed by atoms with van der Waals surface area (Å²) in [6.07, 6.45) is -2.65. The first-order chi connectivity index (χ1) is 14.7. The Balaban J connectivity index is 1.92. The number of nitrogens with two attached hydrogens (primary N) is 2. The standard InChI is InChI=1S/C20H31N5O7/c1-9(2)5-23-7-19(8-24(16(19)30)12(10(3)26)14(21)28)6-20(23)17(31)25(18(20)32)13(11(4)27)15(22)29/h9-13,26-27H,5-8H2,1-4H3,(H2,21,28)(H2,22,29)/t10-,11-,12+,13+,19?/m1/s1. The van der Waals surface area contributed by atoms with E-state index in [1.54, 1.807) is 4.90 Å². The Hall–Kier alpha value is -2.57. The Morgan fingerprint density at radius 1 is 0.906 bits per heavy atom. The van der Waals surface area contributed by atoms with E-state index < -0.39 is 64.8 Å². The molecule has 5 amide bonds. The van der Waals surface area contributed by atoms with E-state index in [-0.39, 0.29) is 25.4 Å². The van der Waals surface area contributed by atoms with Crippen LogP contribution in [0.15, 0.2) is 0 Å². The fraction of sp³-hybridized carbons (Fsp3) is 0.750. The number of primary amides is 2. The topological polar surface area (TPSA) is 188 Å². The molecule has 1 unspecified atom stereocenters. The van der Waals surface area contributed by atoms with Crippen molar-refractivity contribution in [2.75, 3.05) is 19.6 Å². The van der Waals surface area contributed by atoms with E-state index in [1.165, 1.54) is 18.7 Å². The van der Waals surface area contributed by atoms with Crippen LogP contribution in [0.25, 0.3) is 0 Å². The van der Waals surface area contributed by atoms with Gasteiger partial charge in [-0.05, 0) is 19.8 Å². The predicted molar refractivity (Wildman–Crippen MR) is 109 cm³/mol. The number of amides is 5. The van der Waals surface area contributed by atoms with E-state index in [0.717, 1.165) is 0 Å². The number of nitrogens with zero attached hydrogens (tertiary/aromatic N) is 3. The third kappa shape index (κ3) is 3.20. The Morgan fingerprint density at radius 2 is 1.41 bits per heavy atom. The number of imide groups is 1. The van der Waals surface area contributed by atoms with Crippen LogP contribution in [0.1, 0.15) is 34.1 Å². The fourth-order valence-electron chi connectivity index (χ4n) is 5.41. The van der Waals surface area contributed by atoms with Crippen molar-refractivity contribution in [3.8, 4) is 0 Å². The summed E-state index contributed by atoms with van der Waals surface area (Å²) in [5.74, 6) is -3.63. The SMILES string of the molecule is CC(C)CN1CC2(CN([C@H](C(N)=O)[C@@H](C)O)C2=O)CC12C(=O)N([C@H](C(N)=O)[C@@H](C)O)C2=O. The average Bonchev–Trinajstić information content (AvgIpc) is 3.02. The number of aliphatic hydroxyl groups excluding tert-OH is 2. The summed E-state index contributed by atoms with van der Waals surface area (Å²) in [7, 11) is 0. The number of likely N-dealkylation sites (tertiary alicyclic amines) is 3. The number of aliphatic hydroxyl groups is 2. The van der Waals surface area contributed by atoms with Crippen molar-refractivity contribution in [3.63, 3.8) is 0 Å². The first-order valence-corrected chi connectivity index (χ1v) is 10.6. The molecule has 3 rings (SSSR count). The smallest absolute Gasteiger partial charge is 0.260 e. The number of hydrogen-bond acceptors (Lipinski definition) is 8. The van der Waals surface area contributed by atoms with Gasteiger partial charge in [-0.3, -0.25) is 33.8 Å². The van der Waals surface area contributed by atoms with Crippen LogP contribution in [0.4, 0.5) is 0 Å². The summed E-state index contributed by atoms with van der Waals surface area (Å²) in [6, 6.07) is -2.71. The summed E-state index contributed by atoms with van der Waals surface area (Å²) in [6.45, 7) is 6.91. The first kappa shape index (κ1) is 24.1. The van der Waals surface area contributed by atoms with Crippen molar-refractivity contribution in [1.29, 1.82) is 0 Å². The molecule has 0 aliphatic carbocycles. The van der Waals surface area contributed by atoms with Crippen LogP contribution < -0.4 is 11.5 Å². The van der Waals surface area contributed by atoms with E-state index in [1.807, 2.05) is 13.8 Å². The van der Waals surface area contributed by atoms with Gasteiger partial charge in [-0.15, -0.1) is 0 Å². The summed E-state index contributed by atoms with van der Waals surface area (Å²) in [4.78, 5) is 66.8. The second-order valence-electron chi connectivity index (χ2n) is 9.68. The molecule has 0 radical (unpaired) electrons. The molecule has 0 aromatic rings. The minimum absolute atomic E-state index is 0.0525. The zero-order chi connectivity index (χ0) is 24.3. The average molecular weight is 453 g/mol. The van der Waals surface area contributed by atoms with Gasteiger partial charge in [0.25, 0.3) is 11.8 Å². The van der Waals surface area contributed by atoms with E-state index in [0.29, 0.717) is 11.4 Å². The van der Waals surface area contributed by atoms with Gasteiger partial charge in [0.05, 0.1) is 17.6 Å². The summed E-state index contributed by atoms with van der Waals surface area (Å²) < 4.78 is 0. The lowest BCUT2D eigenvalue weighted by Crippen LogP contribution is -2.80. The van der Waals surface area contributed by atoms with E-state index >= 15 is 0 Å². The first-order valence-electron chi connectivity index (χ1n) is 10.6.